The second kappa shape index (κ2) is 8.44. The zero-order valence-electron chi connectivity index (χ0n) is 17.3. The Morgan fingerprint density at radius 1 is 1.00 bits per heavy atom. The Balaban J connectivity index is 1.19. The third kappa shape index (κ3) is 3.98. The number of piperazine rings is 1. The van der Waals surface area contributed by atoms with Gasteiger partial charge in [0.05, 0.1) is 12.0 Å². The summed E-state index contributed by atoms with van der Waals surface area (Å²) >= 11 is 5.94. The van der Waals surface area contributed by atoms with Gasteiger partial charge in [0.15, 0.2) is 0 Å². The number of nitrogens with zero attached hydrogens (tertiary/aromatic N) is 4. The lowest BCUT2D eigenvalue weighted by atomic mass is 9.63. The molecule has 1 saturated carbocycles. The van der Waals surface area contributed by atoms with Crippen LogP contribution < -0.4 is 0 Å². The van der Waals surface area contributed by atoms with Crippen molar-refractivity contribution in [2.45, 2.75) is 31.2 Å². The molecule has 31 heavy (non-hydrogen) atoms. The van der Waals surface area contributed by atoms with Crippen LogP contribution in [0.1, 0.15) is 30.7 Å². The molecular formula is C24H25ClN4O2. The largest absolute Gasteiger partial charge is 0.339 e. The van der Waals surface area contributed by atoms with Crippen molar-refractivity contribution in [2.75, 3.05) is 26.2 Å². The lowest BCUT2D eigenvalue weighted by molar-refractivity contribution is -0.142. The van der Waals surface area contributed by atoms with Crippen LogP contribution in [-0.2, 0) is 16.8 Å². The standard InChI is InChI=1S/C24H25ClN4O2/c25-20-9-7-18(8-10-20)22-26-21(31-27-22)17-28-13-15-29(16-14-28)23(30)24(11-4-12-24)19-5-2-1-3-6-19/h1-3,5-10H,4,11-17H2. The number of aromatic nitrogens is 2. The summed E-state index contributed by atoms with van der Waals surface area (Å²) in [5.74, 6) is 1.44. The van der Waals surface area contributed by atoms with Crippen molar-refractivity contribution in [3.05, 3.63) is 71.1 Å². The van der Waals surface area contributed by atoms with Gasteiger partial charge in [-0.3, -0.25) is 9.69 Å². The van der Waals surface area contributed by atoms with Crippen LogP contribution in [0, 0.1) is 0 Å². The molecule has 0 bridgehead atoms. The molecule has 1 aromatic heterocycles. The van der Waals surface area contributed by atoms with E-state index >= 15 is 0 Å². The predicted octanol–water partition coefficient (Wildman–Crippen LogP) is 4.16. The van der Waals surface area contributed by atoms with Gasteiger partial charge in [0.2, 0.25) is 17.6 Å². The maximum atomic E-state index is 13.4. The zero-order chi connectivity index (χ0) is 21.3. The van der Waals surface area contributed by atoms with Crippen LogP contribution >= 0.6 is 11.6 Å². The average molecular weight is 437 g/mol. The lowest BCUT2D eigenvalue weighted by Crippen LogP contribution is -2.56. The molecule has 0 spiro atoms. The Bertz CT molecular complexity index is 1040. The maximum Gasteiger partial charge on any atom is 0.241 e. The van der Waals surface area contributed by atoms with E-state index in [1.807, 2.05) is 47.4 Å². The summed E-state index contributed by atoms with van der Waals surface area (Å²) in [6.07, 6.45) is 3.02. The number of carbonyl (C=O) groups excluding carboxylic acids is 1. The molecule has 1 aliphatic heterocycles. The summed E-state index contributed by atoms with van der Waals surface area (Å²) in [4.78, 5) is 22.2. The van der Waals surface area contributed by atoms with Gasteiger partial charge in [-0.1, -0.05) is 53.5 Å². The third-order valence-electron chi connectivity index (χ3n) is 6.53. The summed E-state index contributed by atoms with van der Waals surface area (Å²) in [5.41, 5.74) is 1.72. The second-order valence-electron chi connectivity index (χ2n) is 8.39. The van der Waals surface area contributed by atoms with Gasteiger partial charge in [0.1, 0.15) is 0 Å². The molecule has 7 heteroatoms. The normalized spacial score (nSPS) is 18.5. The Morgan fingerprint density at radius 3 is 2.35 bits per heavy atom. The van der Waals surface area contributed by atoms with Crippen LogP contribution in [0.5, 0.6) is 0 Å². The number of carbonyl (C=O) groups is 1. The number of benzene rings is 2. The van der Waals surface area contributed by atoms with Crippen LogP contribution in [0.3, 0.4) is 0 Å². The summed E-state index contributed by atoms with van der Waals surface area (Å²) in [7, 11) is 0. The number of hydrogen-bond acceptors (Lipinski definition) is 5. The maximum absolute atomic E-state index is 13.4. The van der Waals surface area contributed by atoms with Crippen molar-refractivity contribution in [3.8, 4) is 11.4 Å². The van der Waals surface area contributed by atoms with Gasteiger partial charge in [0, 0.05) is 36.8 Å². The minimum Gasteiger partial charge on any atom is -0.339 e. The first kappa shape index (κ1) is 20.2. The zero-order valence-corrected chi connectivity index (χ0v) is 18.1. The average Bonchev–Trinajstić information content (AvgIpc) is 3.23. The molecule has 1 saturated heterocycles. The summed E-state index contributed by atoms with van der Waals surface area (Å²) in [6.45, 7) is 3.65. The molecule has 2 aliphatic rings. The third-order valence-corrected chi connectivity index (χ3v) is 6.78. The molecular weight excluding hydrogens is 412 g/mol. The lowest BCUT2D eigenvalue weighted by Gasteiger charge is -2.46. The van der Waals surface area contributed by atoms with Gasteiger partial charge in [-0.25, -0.2) is 0 Å². The van der Waals surface area contributed by atoms with E-state index in [0.717, 1.165) is 56.6 Å². The number of halogens is 1. The van der Waals surface area contributed by atoms with Crippen LogP contribution in [0.15, 0.2) is 59.1 Å². The highest BCUT2D eigenvalue weighted by molar-refractivity contribution is 6.30. The smallest absolute Gasteiger partial charge is 0.241 e. The molecule has 5 rings (SSSR count). The van der Waals surface area contributed by atoms with E-state index in [9.17, 15) is 4.79 Å². The second-order valence-corrected chi connectivity index (χ2v) is 8.83. The van der Waals surface area contributed by atoms with Gasteiger partial charge in [-0.05, 0) is 42.7 Å². The van der Waals surface area contributed by atoms with Crippen molar-refractivity contribution in [1.29, 1.82) is 0 Å². The number of hydrogen-bond donors (Lipinski definition) is 0. The van der Waals surface area contributed by atoms with Crippen molar-refractivity contribution in [2.24, 2.45) is 0 Å². The number of amides is 1. The summed E-state index contributed by atoms with van der Waals surface area (Å²) < 4.78 is 5.45. The van der Waals surface area contributed by atoms with Gasteiger partial charge in [-0.2, -0.15) is 4.98 Å². The summed E-state index contributed by atoms with van der Waals surface area (Å²) in [6, 6.07) is 17.7. The number of rotatable bonds is 5. The van der Waals surface area contributed by atoms with E-state index in [-0.39, 0.29) is 11.3 Å². The van der Waals surface area contributed by atoms with Crippen LogP contribution in [0.2, 0.25) is 5.02 Å². The molecule has 0 unspecified atom stereocenters. The fourth-order valence-corrected chi connectivity index (χ4v) is 4.68. The van der Waals surface area contributed by atoms with Crippen LogP contribution in [-0.4, -0.2) is 52.0 Å². The Kier molecular flexibility index (Phi) is 5.50. The van der Waals surface area contributed by atoms with Gasteiger partial charge in [0.25, 0.3) is 0 Å². The van der Waals surface area contributed by atoms with Crippen LogP contribution in [0.4, 0.5) is 0 Å². The van der Waals surface area contributed by atoms with Crippen molar-refractivity contribution >= 4 is 17.5 Å². The van der Waals surface area contributed by atoms with E-state index < -0.39 is 0 Å². The predicted molar refractivity (Wildman–Crippen MR) is 119 cm³/mol. The Labute approximate surface area is 186 Å². The van der Waals surface area contributed by atoms with E-state index in [1.54, 1.807) is 0 Å². The minimum absolute atomic E-state index is 0.285. The first-order valence-electron chi connectivity index (χ1n) is 10.8. The fraction of sp³-hybridized carbons (Fsp3) is 0.375. The molecule has 2 fully saturated rings. The molecule has 0 radical (unpaired) electrons. The van der Waals surface area contributed by atoms with Gasteiger partial charge >= 0.3 is 0 Å². The highest BCUT2D eigenvalue weighted by atomic mass is 35.5. The first-order chi connectivity index (χ1) is 15.1. The fourth-order valence-electron chi connectivity index (χ4n) is 4.55. The molecule has 2 aromatic carbocycles. The van der Waals surface area contributed by atoms with E-state index in [2.05, 4.69) is 27.2 Å². The molecule has 2 heterocycles. The Hall–Kier alpha value is -2.70. The molecule has 0 N–H and O–H groups in total. The van der Waals surface area contributed by atoms with Gasteiger partial charge in [-0.15, -0.1) is 0 Å². The molecule has 6 nitrogen and oxygen atoms in total. The van der Waals surface area contributed by atoms with Crippen LogP contribution in [0.25, 0.3) is 11.4 Å². The highest BCUT2D eigenvalue weighted by Gasteiger charge is 2.47. The van der Waals surface area contributed by atoms with E-state index in [4.69, 9.17) is 16.1 Å². The van der Waals surface area contributed by atoms with E-state index in [1.165, 1.54) is 0 Å². The molecule has 1 amide bonds. The van der Waals surface area contributed by atoms with Crippen molar-refractivity contribution in [3.63, 3.8) is 0 Å². The van der Waals surface area contributed by atoms with E-state index in [0.29, 0.717) is 23.3 Å². The molecule has 3 aromatic rings. The van der Waals surface area contributed by atoms with Crippen molar-refractivity contribution < 1.29 is 9.32 Å². The molecule has 0 atom stereocenters. The quantitative estimate of drug-likeness (QED) is 0.601. The molecule has 160 valence electrons. The van der Waals surface area contributed by atoms with Crippen molar-refractivity contribution in [1.82, 2.24) is 19.9 Å². The SMILES string of the molecule is O=C(N1CCN(Cc2nc(-c3ccc(Cl)cc3)no2)CC1)C1(c2ccccc2)CCC1. The molecule has 1 aliphatic carbocycles. The van der Waals surface area contributed by atoms with Gasteiger partial charge < -0.3 is 9.42 Å². The Morgan fingerprint density at radius 2 is 1.71 bits per heavy atom. The summed E-state index contributed by atoms with van der Waals surface area (Å²) in [5, 5.41) is 4.77. The minimum atomic E-state index is -0.316. The highest BCUT2D eigenvalue weighted by Crippen LogP contribution is 2.45. The topological polar surface area (TPSA) is 62.5 Å². The first-order valence-corrected chi connectivity index (χ1v) is 11.2. The monoisotopic (exact) mass is 436 g/mol.